The van der Waals surface area contributed by atoms with Crippen LogP contribution in [0.25, 0.3) is 10.9 Å². The van der Waals surface area contributed by atoms with Gasteiger partial charge in [0.25, 0.3) is 0 Å². The predicted molar refractivity (Wildman–Crippen MR) is 88.7 cm³/mol. The van der Waals surface area contributed by atoms with Crippen LogP contribution in [0.4, 0.5) is 5.69 Å². The number of fused-ring (bicyclic) bond motifs is 1. The average molecular weight is 287 g/mol. The Bertz CT molecular complexity index is 583. The van der Waals surface area contributed by atoms with Crippen molar-refractivity contribution in [3.8, 4) is 0 Å². The lowest BCUT2D eigenvalue weighted by molar-refractivity contribution is 0.277. The van der Waals surface area contributed by atoms with Crippen LogP contribution in [0.15, 0.2) is 30.3 Å². The summed E-state index contributed by atoms with van der Waals surface area (Å²) in [6.07, 6.45) is 1.12. The van der Waals surface area contributed by atoms with E-state index in [9.17, 15) is 5.11 Å². The van der Waals surface area contributed by atoms with E-state index >= 15 is 0 Å². The molecule has 1 heterocycles. The van der Waals surface area contributed by atoms with Gasteiger partial charge in [0.05, 0.1) is 17.8 Å². The highest BCUT2D eigenvalue weighted by Gasteiger charge is 2.11. The minimum Gasteiger partial charge on any atom is -0.390 e. The van der Waals surface area contributed by atoms with E-state index in [2.05, 4.69) is 41.9 Å². The molecule has 0 unspecified atom stereocenters. The van der Waals surface area contributed by atoms with Crippen LogP contribution in [0.2, 0.25) is 0 Å². The zero-order valence-electron chi connectivity index (χ0n) is 13.2. The van der Waals surface area contributed by atoms with E-state index in [1.807, 2.05) is 24.3 Å². The molecule has 21 heavy (non-hydrogen) atoms. The van der Waals surface area contributed by atoms with Crippen LogP contribution < -0.4 is 4.90 Å². The number of benzene rings is 1. The van der Waals surface area contributed by atoms with Gasteiger partial charge in [-0.15, -0.1) is 0 Å². The molecule has 2 aromatic rings. The molecule has 0 aliphatic heterocycles. The van der Waals surface area contributed by atoms with Crippen LogP contribution in [-0.2, 0) is 6.61 Å². The van der Waals surface area contributed by atoms with E-state index in [1.54, 1.807) is 0 Å². The highest BCUT2D eigenvalue weighted by atomic mass is 16.3. The van der Waals surface area contributed by atoms with Gasteiger partial charge in [-0.2, -0.15) is 0 Å². The Morgan fingerprint density at radius 1 is 1.14 bits per heavy atom. The summed E-state index contributed by atoms with van der Waals surface area (Å²) in [6, 6.07) is 10.2. The molecule has 0 bridgehead atoms. The molecule has 0 radical (unpaired) electrons. The van der Waals surface area contributed by atoms with E-state index in [4.69, 9.17) is 0 Å². The highest BCUT2D eigenvalue weighted by molar-refractivity contribution is 5.91. The lowest BCUT2D eigenvalue weighted by Gasteiger charge is -2.25. The number of pyridine rings is 1. The number of aliphatic hydroxyl groups excluding tert-OH is 1. The summed E-state index contributed by atoms with van der Waals surface area (Å²) in [4.78, 5) is 9.07. The van der Waals surface area contributed by atoms with Crippen molar-refractivity contribution in [2.45, 2.75) is 20.0 Å². The van der Waals surface area contributed by atoms with Crippen LogP contribution in [0, 0.1) is 0 Å². The quantitative estimate of drug-likeness (QED) is 0.849. The molecule has 1 aromatic carbocycles. The number of rotatable bonds is 7. The van der Waals surface area contributed by atoms with Crippen molar-refractivity contribution >= 4 is 16.6 Å². The monoisotopic (exact) mass is 287 g/mol. The largest absolute Gasteiger partial charge is 0.390 e. The van der Waals surface area contributed by atoms with Gasteiger partial charge in [-0.05, 0) is 46.1 Å². The first kappa shape index (κ1) is 15.7. The van der Waals surface area contributed by atoms with E-state index < -0.39 is 0 Å². The maximum Gasteiger partial charge on any atom is 0.0854 e. The van der Waals surface area contributed by atoms with Crippen molar-refractivity contribution < 1.29 is 5.11 Å². The number of aliphatic hydroxyl groups is 1. The zero-order chi connectivity index (χ0) is 15.2. The fourth-order valence-electron chi connectivity index (χ4n) is 2.58. The van der Waals surface area contributed by atoms with Crippen molar-refractivity contribution in [2.75, 3.05) is 38.6 Å². The van der Waals surface area contributed by atoms with Crippen LogP contribution in [-0.4, -0.2) is 48.7 Å². The molecule has 0 saturated heterocycles. The van der Waals surface area contributed by atoms with E-state index in [-0.39, 0.29) is 6.61 Å². The molecule has 0 atom stereocenters. The van der Waals surface area contributed by atoms with E-state index in [0.717, 1.165) is 42.7 Å². The molecule has 0 saturated carbocycles. The van der Waals surface area contributed by atoms with Crippen molar-refractivity contribution in [2.24, 2.45) is 0 Å². The number of nitrogens with zero attached hydrogens (tertiary/aromatic N) is 3. The second-order valence-electron chi connectivity index (χ2n) is 5.54. The second kappa shape index (κ2) is 7.38. The fourth-order valence-corrected chi connectivity index (χ4v) is 2.58. The van der Waals surface area contributed by atoms with Crippen LogP contribution >= 0.6 is 0 Å². The first-order valence-corrected chi connectivity index (χ1v) is 7.55. The minimum atomic E-state index is -0.0207. The van der Waals surface area contributed by atoms with Gasteiger partial charge in [-0.3, -0.25) is 4.98 Å². The molecule has 0 aliphatic rings. The van der Waals surface area contributed by atoms with Crippen molar-refractivity contribution in [1.29, 1.82) is 0 Å². The predicted octanol–water partition coefficient (Wildman–Crippen LogP) is 2.51. The summed E-state index contributed by atoms with van der Waals surface area (Å²) in [5.41, 5.74) is 2.85. The minimum absolute atomic E-state index is 0.0207. The Morgan fingerprint density at radius 2 is 1.90 bits per heavy atom. The first-order chi connectivity index (χ1) is 10.2. The molecule has 0 amide bonds. The van der Waals surface area contributed by atoms with Gasteiger partial charge in [0.2, 0.25) is 0 Å². The van der Waals surface area contributed by atoms with Gasteiger partial charge in [0.15, 0.2) is 0 Å². The normalized spacial score (nSPS) is 11.3. The zero-order valence-corrected chi connectivity index (χ0v) is 13.2. The van der Waals surface area contributed by atoms with Gasteiger partial charge in [-0.1, -0.05) is 18.2 Å². The van der Waals surface area contributed by atoms with Gasteiger partial charge in [0.1, 0.15) is 0 Å². The summed E-state index contributed by atoms with van der Waals surface area (Å²) < 4.78 is 0. The Labute approximate surface area is 127 Å². The van der Waals surface area contributed by atoms with Crippen molar-refractivity contribution in [1.82, 2.24) is 9.88 Å². The van der Waals surface area contributed by atoms with E-state index in [0.29, 0.717) is 0 Å². The van der Waals surface area contributed by atoms with Crippen LogP contribution in [0.3, 0.4) is 0 Å². The highest BCUT2D eigenvalue weighted by Crippen LogP contribution is 2.27. The van der Waals surface area contributed by atoms with Crippen LogP contribution in [0.1, 0.15) is 19.0 Å². The molecule has 4 nitrogen and oxygen atoms in total. The number of anilines is 1. The summed E-state index contributed by atoms with van der Waals surface area (Å²) >= 11 is 0. The van der Waals surface area contributed by atoms with E-state index in [1.165, 1.54) is 5.69 Å². The third-order valence-electron chi connectivity index (χ3n) is 3.67. The standard InChI is InChI=1S/C17H25N3O/c1-4-20(11-7-10-19(2)3)17-12-14(13-21)18-16-9-6-5-8-15(16)17/h5-6,8-9,12,21H,4,7,10-11,13H2,1-3H3. The summed E-state index contributed by atoms with van der Waals surface area (Å²) in [7, 11) is 4.20. The molecule has 2 rings (SSSR count). The Hall–Kier alpha value is -1.65. The molecule has 114 valence electrons. The maximum absolute atomic E-state index is 9.44. The third kappa shape index (κ3) is 3.93. The van der Waals surface area contributed by atoms with Gasteiger partial charge >= 0.3 is 0 Å². The summed E-state index contributed by atoms with van der Waals surface area (Å²) in [5, 5.41) is 10.6. The Balaban J connectivity index is 2.32. The number of para-hydroxylation sites is 1. The number of hydrogen-bond donors (Lipinski definition) is 1. The summed E-state index contributed by atoms with van der Waals surface area (Å²) in [6.45, 7) is 5.18. The number of aromatic nitrogens is 1. The molecule has 1 aromatic heterocycles. The Kier molecular flexibility index (Phi) is 5.53. The van der Waals surface area contributed by atoms with Crippen LogP contribution in [0.5, 0.6) is 0 Å². The SMILES string of the molecule is CCN(CCCN(C)C)c1cc(CO)nc2ccccc12. The maximum atomic E-state index is 9.44. The Morgan fingerprint density at radius 3 is 2.57 bits per heavy atom. The smallest absolute Gasteiger partial charge is 0.0854 e. The molecule has 0 aliphatic carbocycles. The lowest BCUT2D eigenvalue weighted by atomic mass is 10.1. The lowest BCUT2D eigenvalue weighted by Crippen LogP contribution is -2.27. The third-order valence-corrected chi connectivity index (χ3v) is 3.67. The molecular formula is C17H25N3O. The molecule has 0 spiro atoms. The first-order valence-electron chi connectivity index (χ1n) is 7.55. The van der Waals surface area contributed by atoms with Gasteiger partial charge < -0.3 is 14.9 Å². The topological polar surface area (TPSA) is 39.6 Å². The summed E-state index contributed by atoms with van der Waals surface area (Å²) in [5.74, 6) is 0. The second-order valence-corrected chi connectivity index (χ2v) is 5.54. The van der Waals surface area contributed by atoms with Crippen molar-refractivity contribution in [3.63, 3.8) is 0 Å². The number of hydrogen-bond acceptors (Lipinski definition) is 4. The van der Waals surface area contributed by atoms with Gasteiger partial charge in [-0.25, -0.2) is 0 Å². The molecular weight excluding hydrogens is 262 g/mol. The molecule has 4 heteroatoms. The molecule has 0 fully saturated rings. The van der Waals surface area contributed by atoms with Gasteiger partial charge in [0, 0.05) is 24.2 Å². The average Bonchev–Trinajstić information content (AvgIpc) is 2.50. The molecule has 1 N–H and O–H groups in total. The fraction of sp³-hybridized carbons (Fsp3) is 0.471. The van der Waals surface area contributed by atoms with Crippen molar-refractivity contribution in [3.05, 3.63) is 36.0 Å².